The van der Waals surface area contributed by atoms with Crippen molar-refractivity contribution in [1.29, 1.82) is 0 Å². The first kappa shape index (κ1) is 12.1. The minimum Gasteiger partial charge on any atom is -0.330 e. The third-order valence-corrected chi connectivity index (χ3v) is 2.39. The number of halogens is 2. The van der Waals surface area contributed by atoms with Crippen molar-refractivity contribution in [2.45, 2.75) is 18.9 Å². The zero-order valence-electron chi connectivity index (χ0n) is 8.76. The molecule has 4 heteroatoms. The van der Waals surface area contributed by atoms with Gasteiger partial charge in [0.25, 0.3) is 0 Å². The lowest BCUT2D eigenvalue weighted by Gasteiger charge is -2.16. The van der Waals surface area contributed by atoms with Gasteiger partial charge in [-0.05, 0) is 44.1 Å². The molecular formula is C11H16F2N2. The van der Waals surface area contributed by atoms with E-state index < -0.39 is 11.6 Å². The van der Waals surface area contributed by atoms with E-state index in [4.69, 9.17) is 5.73 Å². The zero-order chi connectivity index (χ0) is 11.3. The summed E-state index contributed by atoms with van der Waals surface area (Å²) in [5.41, 5.74) is 6.16. The Morgan fingerprint density at radius 3 is 2.60 bits per heavy atom. The maximum absolute atomic E-state index is 13.0. The van der Waals surface area contributed by atoms with Crippen LogP contribution in [0.5, 0.6) is 0 Å². The first-order chi connectivity index (χ1) is 7.19. The van der Waals surface area contributed by atoms with Gasteiger partial charge in [0, 0.05) is 6.04 Å². The van der Waals surface area contributed by atoms with Gasteiger partial charge in [-0.15, -0.1) is 0 Å². The molecule has 0 aliphatic carbocycles. The van der Waals surface area contributed by atoms with E-state index in [0.717, 1.165) is 24.5 Å². The summed E-state index contributed by atoms with van der Waals surface area (Å²) < 4.78 is 25.7. The van der Waals surface area contributed by atoms with Gasteiger partial charge >= 0.3 is 0 Å². The molecule has 0 spiro atoms. The van der Waals surface area contributed by atoms with E-state index in [1.165, 1.54) is 6.07 Å². The molecule has 0 saturated heterocycles. The van der Waals surface area contributed by atoms with E-state index in [2.05, 4.69) is 5.32 Å². The Morgan fingerprint density at radius 2 is 2.07 bits per heavy atom. The van der Waals surface area contributed by atoms with Crippen LogP contribution >= 0.6 is 0 Å². The van der Waals surface area contributed by atoms with Crippen molar-refractivity contribution in [3.8, 4) is 0 Å². The van der Waals surface area contributed by atoms with Crippen molar-refractivity contribution in [2.75, 3.05) is 13.6 Å². The van der Waals surface area contributed by atoms with Crippen molar-refractivity contribution in [3.05, 3.63) is 35.4 Å². The summed E-state index contributed by atoms with van der Waals surface area (Å²) >= 11 is 0. The van der Waals surface area contributed by atoms with Crippen LogP contribution in [-0.2, 0) is 0 Å². The number of benzene rings is 1. The number of nitrogens with one attached hydrogen (secondary N) is 1. The SMILES string of the molecule is CNC(CCCN)c1ccc(F)c(F)c1. The minimum atomic E-state index is -0.813. The van der Waals surface area contributed by atoms with Crippen LogP contribution in [0.2, 0.25) is 0 Å². The second-order valence-corrected chi connectivity index (χ2v) is 3.45. The molecule has 1 unspecified atom stereocenters. The van der Waals surface area contributed by atoms with Crippen LogP contribution in [0.25, 0.3) is 0 Å². The Bertz CT molecular complexity index is 315. The standard InChI is InChI=1S/C11H16F2N2/c1-15-11(3-2-6-14)8-4-5-9(12)10(13)7-8/h4-5,7,11,15H,2-3,6,14H2,1H3. The first-order valence-electron chi connectivity index (χ1n) is 5.01. The number of hydrogen-bond donors (Lipinski definition) is 2. The molecule has 84 valence electrons. The molecular weight excluding hydrogens is 198 g/mol. The fourth-order valence-corrected chi connectivity index (χ4v) is 1.53. The van der Waals surface area contributed by atoms with Crippen LogP contribution in [0, 0.1) is 11.6 Å². The summed E-state index contributed by atoms with van der Waals surface area (Å²) in [6, 6.07) is 4.00. The topological polar surface area (TPSA) is 38.0 Å². The predicted molar refractivity (Wildman–Crippen MR) is 56.4 cm³/mol. The van der Waals surface area contributed by atoms with Gasteiger partial charge in [-0.3, -0.25) is 0 Å². The molecule has 0 fully saturated rings. The van der Waals surface area contributed by atoms with Crippen molar-refractivity contribution >= 4 is 0 Å². The lowest BCUT2D eigenvalue weighted by molar-refractivity contribution is 0.493. The molecule has 15 heavy (non-hydrogen) atoms. The van der Waals surface area contributed by atoms with Gasteiger partial charge in [-0.1, -0.05) is 6.07 Å². The summed E-state index contributed by atoms with van der Waals surface area (Å²) in [6.07, 6.45) is 1.67. The fourth-order valence-electron chi connectivity index (χ4n) is 1.53. The third kappa shape index (κ3) is 3.25. The van der Waals surface area contributed by atoms with Gasteiger partial charge in [-0.2, -0.15) is 0 Å². The molecule has 1 rings (SSSR count). The van der Waals surface area contributed by atoms with Crippen LogP contribution in [0.4, 0.5) is 8.78 Å². The lowest BCUT2D eigenvalue weighted by atomic mass is 10.0. The van der Waals surface area contributed by atoms with Gasteiger partial charge in [0.1, 0.15) is 0 Å². The molecule has 1 atom stereocenters. The van der Waals surface area contributed by atoms with E-state index in [1.54, 1.807) is 13.1 Å². The highest BCUT2D eigenvalue weighted by atomic mass is 19.2. The maximum atomic E-state index is 13.0. The summed E-state index contributed by atoms with van der Waals surface area (Å²) in [7, 11) is 1.79. The van der Waals surface area contributed by atoms with E-state index >= 15 is 0 Å². The first-order valence-corrected chi connectivity index (χ1v) is 5.01. The molecule has 0 aliphatic rings. The highest BCUT2D eigenvalue weighted by molar-refractivity contribution is 5.21. The monoisotopic (exact) mass is 214 g/mol. The molecule has 0 heterocycles. The molecule has 0 aromatic heterocycles. The van der Waals surface area contributed by atoms with Crippen molar-refractivity contribution in [2.24, 2.45) is 5.73 Å². The van der Waals surface area contributed by atoms with Crippen LogP contribution in [0.15, 0.2) is 18.2 Å². The largest absolute Gasteiger partial charge is 0.330 e. The average Bonchev–Trinajstić information content (AvgIpc) is 2.24. The summed E-state index contributed by atoms with van der Waals surface area (Å²) in [5.74, 6) is -1.62. The Morgan fingerprint density at radius 1 is 1.33 bits per heavy atom. The molecule has 1 aromatic rings. The van der Waals surface area contributed by atoms with Gasteiger partial charge in [-0.25, -0.2) is 8.78 Å². The molecule has 2 nitrogen and oxygen atoms in total. The average molecular weight is 214 g/mol. The van der Waals surface area contributed by atoms with Gasteiger partial charge < -0.3 is 11.1 Å². The highest BCUT2D eigenvalue weighted by Gasteiger charge is 2.11. The van der Waals surface area contributed by atoms with E-state index in [9.17, 15) is 8.78 Å². The summed E-state index contributed by atoms with van der Waals surface area (Å²) in [6.45, 7) is 0.599. The molecule has 0 aliphatic heterocycles. The Labute approximate surface area is 88.5 Å². The predicted octanol–water partition coefficient (Wildman–Crippen LogP) is 1.96. The quantitative estimate of drug-likeness (QED) is 0.786. The maximum Gasteiger partial charge on any atom is 0.159 e. The van der Waals surface area contributed by atoms with E-state index in [-0.39, 0.29) is 6.04 Å². The number of nitrogens with two attached hydrogens (primary N) is 1. The van der Waals surface area contributed by atoms with Crippen molar-refractivity contribution < 1.29 is 8.78 Å². The molecule has 0 saturated carbocycles. The second-order valence-electron chi connectivity index (χ2n) is 3.45. The Kier molecular flexibility index (Phi) is 4.65. The van der Waals surface area contributed by atoms with Gasteiger partial charge in [0.15, 0.2) is 11.6 Å². The Hall–Kier alpha value is -1.00. The van der Waals surface area contributed by atoms with Crippen LogP contribution in [-0.4, -0.2) is 13.6 Å². The van der Waals surface area contributed by atoms with Crippen LogP contribution in [0.3, 0.4) is 0 Å². The van der Waals surface area contributed by atoms with E-state index in [0.29, 0.717) is 6.54 Å². The normalized spacial score (nSPS) is 12.8. The zero-order valence-corrected chi connectivity index (χ0v) is 8.76. The highest BCUT2D eigenvalue weighted by Crippen LogP contribution is 2.19. The fraction of sp³-hybridized carbons (Fsp3) is 0.455. The molecule has 1 aromatic carbocycles. The van der Waals surface area contributed by atoms with Crippen LogP contribution in [0.1, 0.15) is 24.4 Å². The van der Waals surface area contributed by atoms with Crippen molar-refractivity contribution in [1.82, 2.24) is 5.32 Å². The second kappa shape index (κ2) is 5.78. The third-order valence-electron chi connectivity index (χ3n) is 2.39. The van der Waals surface area contributed by atoms with Gasteiger partial charge in [0.05, 0.1) is 0 Å². The van der Waals surface area contributed by atoms with E-state index in [1.807, 2.05) is 0 Å². The minimum absolute atomic E-state index is 0.0312. The number of hydrogen-bond acceptors (Lipinski definition) is 2. The lowest BCUT2D eigenvalue weighted by Crippen LogP contribution is -2.18. The smallest absolute Gasteiger partial charge is 0.159 e. The molecule has 0 bridgehead atoms. The van der Waals surface area contributed by atoms with Crippen molar-refractivity contribution in [3.63, 3.8) is 0 Å². The Balaban J connectivity index is 2.78. The van der Waals surface area contributed by atoms with Crippen LogP contribution < -0.4 is 11.1 Å². The number of rotatable bonds is 5. The molecule has 3 N–H and O–H groups in total. The molecule has 0 radical (unpaired) electrons. The summed E-state index contributed by atoms with van der Waals surface area (Å²) in [4.78, 5) is 0. The summed E-state index contributed by atoms with van der Waals surface area (Å²) in [5, 5.41) is 3.06. The van der Waals surface area contributed by atoms with Gasteiger partial charge in [0.2, 0.25) is 0 Å². The molecule has 0 amide bonds.